The molecule has 0 aliphatic heterocycles. The Kier molecular flexibility index (Phi) is 4.72. The molecule has 0 spiro atoms. The molecule has 1 heterocycles. The van der Waals surface area contributed by atoms with Crippen molar-refractivity contribution in [3.63, 3.8) is 0 Å². The van der Waals surface area contributed by atoms with E-state index in [0.717, 1.165) is 16.3 Å². The van der Waals surface area contributed by atoms with Crippen molar-refractivity contribution in [2.24, 2.45) is 0 Å². The summed E-state index contributed by atoms with van der Waals surface area (Å²) in [7, 11) is 0. The van der Waals surface area contributed by atoms with Crippen molar-refractivity contribution in [3.8, 4) is 0 Å². The van der Waals surface area contributed by atoms with Crippen molar-refractivity contribution in [3.05, 3.63) is 50.9 Å². The molecule has 1 aromatic heterocycles. The predicted molar refractivity (Wildman–Crippen MR) is 75.0 cm³/mol. The van der Waals surface area contributed by atoms with E-state index in [1.54, 1.807) is 11.3 Å². The van der Waals surface area contributed by atoms with Crippen LogP contribution < -0.4 is 5.32 Å². The van der Waals surface area contributed by atoms with Gasteiger partial charge in [0.1, 0.15) is 5.01 Å². The third kappa shape index (κ3) is 3.53. The van der Waals surface area contributed by atoms with Crippen molar-refractivity contribution in [1.29, 1.82) is 0 Å². The molecular formula is C13H15ClN2OS. The summed E-state index contributed by atoms with van der Waals surface area (Å²) >= 11 is 7.47. The maximum absolute atomic E-state index is 9.42. The van der Waals surface area contributed by atoms with Crippen molar-refractivity contribution in [2.75, 3.05) is 6.61 Å². The molecule has 0 amide bonds. The van der Waals surface area contributed by atoms with Crippen LogP contribution in [0.3, 0.4) is 0 Å². The molecule has 0 saturated heterocycles. The van der Waals surface area contributed by atoms with E-state index in [2.05, 4.69) is 10.3 Å². The molecule has 3 nitrogen and oxygen atoms in total. The van der Waals surface area contributed by atoms with Crippen LogP contribution in [0.5, 0.6) is 0 Å². The Morgan fingerprint density at radius 1 is 1.39 bits per heavy atom. The summed E-state index contributed by atoms with van der Waals surface area (Å²) in [6.45, 7) is 2.68. The first-order valence-corrected chi connectivity index (χ1v) is 6.95. The van der Waals surface area contributed by atoms with Gasteiger partial charge in [-0.2, -0.15) is 0 Å². The van der Waals surface area contributed by atoms with E-state index >= 15 is 0 Å². The molecule has 96 valence electrons. The van der Waals surface area contributed by atoms with Crippen LogP contribution in [0.1, 0.15) is 22.3 Å². The molecule has 2 N–H and O–H groups in total. The van der Waals surface area contributed by atoms with E-state index in [9.17, 15) is 5.11 Å². The highest BCUT2D eigenvalue weighted by molar-refractivity contribution is 7.09. The monoisotopic (exact) mass is 282 g/mol. The first-order valence-electron chi connectivity index (χ1n) is 5.69. The van der Waals surface area contributed by atoms with Gasteiger partial charge in [-0.15, -0.1) is 11.3 Å². The quantitative estimate of drug-likeness (QED) is 0.886. The number of aromatic nitrogens is 1. The van der Waals surface area contributed by atoms with Crippen LogP contribution in [-0.4, -0.2) is 16.7 Å². The van der Waals surface area contributed by atoms with Gasteiger partial charge in [0, 0.05) is 22.6 Å². The summed E-state index contributed by atoms with van der Waals surface area (Å²) in [6, 6.07) is 7.40. The molecule has 2 aromatic rings. The fourth-order valence-electron chi connectivity index (χ4n) is 1.68. The molecule has 0 fully saturated rings. The van der Waals surface area contributed by atoms with Gasteiger partial charge in [0.15, 0.2) is 0 Å². The number of thiazole rings is 1. The highest BCUT2D eigenvalue weighted by Gasteiger charge is 2.10. The third-order valence-electron chi connectivity index (χ3n) is 2.62. The Hall–Kier alpha value is -0.940. The normalized spacial score (nSPS) is 12.6. The van der Waals surface area contributed by atoms with Gasteiger partial charge < -0.3 is 10.4 Å². The zero-order valence-corrected chi connectivity index (χ0v) is 11.6. The fourth-order valence-corrected chi connectivity index (χ4v) is 2.53. The molecule has 0 saturated carbocycles. The van der Waals surface area contributed by atoms with Gasteiger partial charge in [0.2, 0.25) is 0 Å². The summed E-state index contributed by atoms with van der Waals surface area (Å²) in [5.41, 5.74) is 2.05. The number of hydrogen-bond acceptors (Lipinski definition) is 4. The standard InChI is InChI=1S/C13H15ClN2OS/c1-9-8-18-13(16-9)6-15-12(7-17)10-2-4-11(14)5-3-10/h2-5,8,12,15,17H,6-7H2,1H3. The zero-order chi connectivity index (χ0) is 13.0. The Morgan fingerprint density at radius 3 is 2.67 bits per heavy atom. The van der Waals surface area contributed by atoms with Gasteiger partial charge >= 0.3 is 0 Å². The lowest BCUT2D eigenvalue weighted by atomic mass is 10.1. The molecule has 18 heavy (non-hydrogen) atoms. The third-order valence-corrected chi connectivity index (χ3v) is 3.84. The second-order valence-electron chi connectivity index (χ2n) is 4.05. The summed E-state index contributed by atoms with van der Waals surface area (Å²) in [5.74, 6) is 0. The first-order chi connectivity index (χ1) is 8.69. The number of rotatable bonds is 5. The number of nitrogens with zero attached hydrogens (tertiary/aromatic N) is 1. The number of nitrogens with one attached hydrogen (secondary N) is 1. The average molecular weight is 283 g/mol. The predicted octanol–water partition coefficient (Wildman–Crippen LogP) is 2.93. The molecule has 1 unspecified atom stereocenters. The van der Waals surface area contributed by atoms with Crippen LogP contribution in [0, 0.1) is 6.92 Å². The molecule has 0 aliphatic carbocycles. The Balaban J connectivity index is 1.99. The minimum atomic E-state index is -0.0912. The number of hydrogen-bond donors (Lipinski definition) is 2. The van der Waals surface area contributed by atoms with E-state index in [4.69, 9.17) is 11.6 Å². The van der Waals surface area contributed by atoms with Crippen LogP contribution in [0.4, 0.5) is 0 Å². The van der Waals surface area contributed by atoms with Gasteiger partial charge in [-0.1, -0.05) is 23.7 Å². The fraction of sp³-hybridized carbons (Fsp3) is 0.308. The summed E-state index contributed by atoms with van der Waals surface area (Å²) in [6.07, 6.45) is 0. The van der Waals surface area contributed by atoms with Gasteiger partial charge in [0.25, 0.3) is 0 Å². The SMILES string of the molecule is Cc1csc(CNC(CO)c2ccc(Cl)cc2)n1. The van der Waals surface area contributed by atoms with Crippen molar-refractivity contribution >= 4 is 22.9 Å². The van der Waals surface area contributed by atoms with Gasteiger partial charge in [-0.3, -0.25) is 0 Å². The van der Waals surface area contributed by atoms with E-state index < -0.39 is 0 Å². The minimum Gasteiger partial charge on any atom is -0.394 e. The van der Waals surface area contributed by atoms with Crippen LogP contribution in [-0.2, 0) is 6.54 Å². The zero-order valence-electron chi connectivity index (χ0n) is 10.1. The molecule has 0 aliphatic rings. The molecule has 1 atom stereocenters. The number of aliphatic hydroxyl groups excluding tert-OH is 1. The lowest BCUT2D eigenvalue weighted by Crippen LogP contribution is -2.23. The number of halogens is 1. The van der Waals surface area contributed by atoms with E-state index in [0.29, 0.717) is 11.6 Å². The Bertz CT molecular complexity index is 498. The summed E-state index contributed by atoms with van der Waals surface area (Å²) < 4.78 is 0. The number of benzene rings is 1. The molecule has 5 heteroatoms. The number of aryl methyl sites for hydroxylation is 1. The highest BCUT2D eigenvalue weighted by Crippen LogP contribution is 2.17. The highest BCUT2D eigenvalue weighted by atomic mass is 35.5. The van der Waals surface area contributed by atoms with Crippen molar-refractivity contribution in [1.82, 2.24) is 10.3 Å². The maximum atomic E-state index is 9.42. The molecular weight excluding hydrogens is 268 g/mol. The summed E-state index contributed by atoms with van der Waals surface area (Å²) in [4.78, 5) is 4.38. The Labute approximate surface area is 115 Å². The van der Waals surface area contributed by atoms with Crippen LogP contribution in [0.2, 0.25) is 5.02 Å². The lowest BCUT2D eigenvalue weighted by Gasteiger charge is -2.15. The topological polar surface area (TPSA) is 45.1 Å². The van der Waals surface area contributed by atoms with Gasteiger partial charge in [0.05, 0.1) is 12.6 Å². The number of aliphatic hydroxyl groups is 1. The largest absolute Gasteiger partial charge is 0.394 e. The van der Waals surface area contributed by atoms with E-state index in [1.165, 1.54) is 0 Å². The van der Waals surface area contributed by atoms with Crippen molar-refractivity contribution < 1.29 is 5.11 Å². The van der Waals surface area contributed by atoms with Crippen molar-refractivity contribution in [2.45, 2.75) is 19.5 Å². The van der Waals surface area contributed by atoms with E-state index in [1.807, 2.05) is 36.6 Å². The second kappa shape index (κ2) is 6.29. The minimum absolute atomic E-state index is 0.0476. The Morgan fingerprint density at radius 2 is 2.11 bits per heavy atom. The smallest absolute Gasteiger partial charge is 0.107 e. The van der Waals surface area contributed by atoms with Crippen LogP contribution in [0.25, 0.3) is 0 Å². The molecule has 0 bridgehead atoms. The van der Waals surface area contributed by atoms with Gasteiger partial charge in [-0.25, -0.2) is 4.98 Å². The van der Waals surface area contributed by atoms with Crippen LogP contribution in [0.15, 0.2) is 29.6 Å². The van der Waals surface area contributed by atoms with Gasteiger partial charge in [-0.05, 0) is 24.6 Å². The average Bonchev–Trinajstić information content (AvgIpc) is 2.78. The van der Waals surface area contributed by atoms with Crippen LogP contribution >= 0.6 is 22.9 Å². The maximum Gasteiger partial charge on any atom is 0.107 e. The molecule has 0 radical (unpaired) electrons. The van der Waals surface area contributed by atoms with E-state index in [-0.39, 0.29) is 12.6 Å². The molecule has 2 rings (SSSR count). The second-order valence-corrected chi connectivity index (χ2v) is 5.43. The molecule has 1 aromatic carbocycles. The first kappa shape index (κ1) is 13.5. The summed E-state index contributed by atoms with van der Waals surface area (Å²) in [5, 5.41) is 16.5. The lowest BCUT2D eigenvalue weighted by molar-refractivity contribution is 0.243.